The van der Waals surface area contributed by atoms with Gasteiger partial charge in [-0.3, -0.25) is 4.79 Å². The van der Waals surface area contributed by atoms with Crippen LogP contribution in [0.1, 0.15) is 17.3 Å². The predicted molar refractivity (Wildman–Crippen MR) is 48.1 cm³/mol. The Kier molecular flexibility index (Phi) is 3.24. The minimum atomic E-state index is -4.78. The predicted octanol–water partition coefficient (Wildman–Crippen LogP) is 3.44. The molecule has 15 heavy (non-hydrogen) atoms. The van der Waals surface area contributed by atoms with E-state index in [1.807, 2.05) is 0 Å². The number of Topliss-reactive ketones (excluding diaryl/α,β-unsaturated/α-hetero) is 1. The summed E-state index contributed by atoms with van der Waals surface area (Å²) in [5.74, 6) is -0.885. The highest BCUT2D eigenvalue weighted by atomic mass is 35.5. The fraction of sp³-hybridized carbons (Fsp3) is 0.222. The van der Waals surface area contributed by atoms with Gasteiger partial charge in [-0.1, -0.05) is 11.6 Å². The third-order valence-electron chi connectivity index (χ3n) is 1.55. The topological polar surface area (TPSA) is 26.3 Å². The minimum Gasteiger partial charge on any atom is -0.406 e. The van der Waals surface area contributed by atoms with Crippen molar-refractivity contribution in [3.63, 3.8) is 0 Å². The average Bonchev–Trinajstić information content (AvgIpc) is 2.05. The number of benzene rings is 1. The van der Waals surface area contributed by atoms with E-state index < -0.39 is 17.9 Å². The normalized spacial score (nSPS) is 11.3. The van der Waals surface area contributed by atoms with Crippen molar-refractivity contribution in [1.82, 2.24) is 0 Å². The summed E-state index contributed by atoms with van der Waals surface area (Å²) < 4.78 is 39.1. The van der Waals surface area contributed by atoms with Crippen molar-refractivity contribution in [2.24, 2.45) is 0 Å². The first-order valence-corrected chi connectivity index (χ1v) is 4.23. The first-order valence-electron chi connectivity index (χ1n) is 3.86. The molecular formula is C9H6ClF3O2. The van der Waals surface area contributed by atoms with Crippen molar-refractivity contribution in [1.29, 1.82) is 0 Å². The van der Waals surface area contributed by atoms with Crippen LogP contribution in [0.3, 0.4) is 0 Å². The van der Waals surface area contributed by atoms with Crippen LogP contribution in [0.5, 0.6) is 5.75 Å². The van der Waals surface area contributed by atoms with Crippen molar-refractivity contribution in [3.05, 3.63) is 28.8 Å². The average molecular weight is 239 g/mol. The summed E-state index contributed by atoms with van der Waals surface area (Å²) in [7, 11) is 0. The molecule has 0 aliphatic rings. The van der Waals surface area contributed by atoms with Gasteiger partial charge in [0.2, 0.25) is 0 Å². The van der Waals surface area contributed by atoms with Gasteiger partial charge in [0, 0.05) is 5.56 Å². The number of ketones is 1. The minimum absolute atomic E-state index is 0.00147. The molecule has 2 nitrogen and oxygen atoms in total. The summed E-state index contributed by atoms with van der Waals surface area (Å²) in [6.07, 6.45) is -4.78. The lowest BCUT2D eigenvalue weighted by Crippen LogP contribution is -2.17. The zero-order chi connectivity index (χ0) is 11.6. The van der Waals surface area contributed by atoms with E-state index in [1.54, 1.807) is 0 Å². The van der Waals surface area contributed by atoms with E-state index >= 15 is 0 Å². The first kappa shape index (κ1) is 11.8. The van der Waals surface area contributed by atoms with Gasteiger partial charge in [-0.05, 0) is 25.1 Å². The van der Waals surface area contributed by atoms with E-state index in [0.717, 1.165) is 12.1 Å². The molecule has 0 aliphatic heterocycles. The monoisotopic (exact) mass is 238 g/mol. The summed E-state index contributed by atoms with van der Waals surface area (Å²) in [5.41, 5.74) is -0.00147. The standard InChI is InChI=1S/C9H6ClF3O2/c1-5(14)7-4-6(2-3-8(7)10)15-9(11,12)13/h2-4H,1H3. The lowest BCUT2D eigenvalue weighted by atomic mass is 10.1. The molecule has 0 N–H and O–H groups in total. The molecule has 0 amide bonds. The third-order valence-corrected chi connectivity index (χ3v) is 1.88. The summed E-state index contributed by atoms with van der Waals surface area (Å²) in [5, 5.41) is 0.0945. The van der Waals surface area contributed by atoms with Crippen molar-refractivity contribution >= 4 is 17.4 Å². The Labute approximate surface area is 88.6 Å². The highest BCUT2D eigenvalue weighted by Gasteiger charge is 2.31. The molecule has 82 valence electrons. The molecule has 0 atom stereocenters. The van der Waals surface area contributed by atoms with Crippen LogP contribution in [0.25, 0.3) is 0 Å². The van der Waals surface area contributed by atoms with E-state index in [-0.39, 0.29) is 10.6 Å². The molecular weight excluding hydrogens is 233 g/mol. The fourth-order valence-electron chi connectivity index (χ4n) is 0.971. The molecule has 0 spiro atoms. The Bertz CT molecular complexity index is 387. The molecule has 1 rings (SSSR count). The summed E-state index contributed by atoms with van der Waals surface area (Å²) in [6, 6.07) is 3.18. The van der Waals surface area contributed by atoms with E-state index in [4.69, 9.17) is 11.6 Å². The van der Waals surface area contributed by atoms with Gasteiger partial charge < -0.3 is 4.74 Å². The van der Waals surface area contributed by atoms with Crippen molar-refractivity contribution in [2.75, 3.05) is 0 Å². The molecule has 1 aromatic rings. The van der Waals surface area contributed by atoms with Gasteiger partial charge >= 0.3 is 6.36 Å². The molecule has 0 aliphatic carbocycles. The Morgan fingerprint density at radius 3 is 2.47 bits per heavy atom. The molecule has 0 bridgehead atoms. The second-order valence-electron chi connectivity index (χ2n) is 2.75. The summed E-state index contributed by atoms with van der Waals surface area (Å²) >= 11 is 5.60. The number of carbonyl (C=O) groups excluding carboxylic acids is 1. The molecule has 0 saturated heterocycles. The quantitative estimate of drug-likeness (QED) is 0.738. The number of carbonyl (C=O) groups is 1. The molecule has 0 saturated carbocycles. The maximum Gasteiger partial charge on any atom is 0.573 e. The number of alkyl halides is 3. The number of rotatable bonds is 2. The van der Waals surface area contributed by atoms with Gasteiger partial charge in [-0.2, -0.15) is 0 Å². The summed E-state index contributed by atoms with van der Waals surface area (Å²) in [4.78, 5) is 11.0. The van der Waals surface area contributed by atoms with Crippen LogP contribution in [0.15, 0.2) is 18.2 Å². The number of halogens is 4. The zero-order valence-corrected chi connectivity index (χ0v) is 8.32. The van der Waals surface area contributed by atoms with E-state index in [2.05, 4.69) is 4.74 Å². The largest absolute Gasteiger partial charge is 0.573 e. The fourth-order valence-corrected chi connectivity index (χ4v) is 1.22. The van der Waals surface area contributed by atoms with Gasteiger partial charge in [0.25, 0.3) is 0 Å². The summed E-state index contributed by atoms with van der Waals surface area (Å²) in [6.45, 7) is 1.21. The van der Waals surface area contributed by atoms with Gasteiger partial charge in [0.1, 0.15) is 5.75 Å². The Hall–Kier alpha value is -1.23. The van der Waals surface area contributed by atoms with E-state index in [9.17, 15) is 18.0 Å². The lowest BCUT2D eigenvalue weighted by molar-refractivity contribution is -0.274. The molecule has 6 heteroatoms. The maximum absolute atomic E-state index is 11.8. The Morgan fingerprint density at radius 2 is 2.00 bits per heavy atom. The molecule has 0 heterocycles. The highest BCUT2D eigenvalue weighted by molar-refractivity contribution is 6.33. The van der Waals surface area contributed by atoms with E-state index in [1.165, 1.54) is 13.0 Å². The van der Waals surface area contributed by atoms with E-state index in [0.29, 0.717) is 0 Å². The van der Waals surface area contributed by atoms with Crippen LogP contribution in [-0.4, -0.2) is 12.1 Å². The van der Waals surface area contributed by atoms with Crippen LogP contribution in [0.4, 0.5) is 13.2 Å². The van der Waals surface area contributed by atoms with Crippen LogP contribution in [0, 0.1) is 0 Å². The molecule has 0 radical (unpaired) electrons. The number of ether oxygens (including phenoxy) is 1. The van der Waals surface area contributed by atoms with Crippen LogP contribution < -0.4 is 4.74 Å². The van der Waals surface area contributed by atoms with Crippen molar-refractivity contribution < 1.29 is 22.7 Å². The van der Waals surface area contributed by atoms with Crippen molar-refractivity contribution in [2.45, 2.75) is 13.3 Å². The van der Waals surface area contributed by atoms with Gasteiger partial charge in [-0.15, -0.1) is 13.2 Å². The van der Waals surface area contributed by atoms with Crippen LogP contribution in [-0.2, 0) is 0 Å². The molecule has 0 unspecified atom stereocenters. The van der Waals surface area contributed by atoms with Crippen LogP contribution >= 0.6 is 11.6 Å². The van der Waals surface area contributed by atoms with Gasteiger partial charge in [0.15, 0.2) is 5.78 Å². The van der Waals surface area contributed by atoms with Crippen molar-refractivity contribution in [3.8, 4) is 5.75 Å². The Balaban J connectivity index is 3.03. The first-order chi connectivity index (χ1) is 6.79. The second-order valence-corrected chi connectivity index (χ2v) is 3.15. The van der Waals surface area contributed by atoms with Crippen LogP contribution in [0.2, 0.25) is 5.02 Å². The smallest absolute Gasteiger partial charge is 0.406 e. The SMILES string of the molecule is CC(=O)c1cc(OC(F)(F)F)ccc1Cl. The number of hydrogen-bond donors (Lipinski definition) is 0. The second kappa shape index (κ2) is 4.10. The molecule has 0 fully saturated rings. The molecule has 1 aromatic carbocycles. The highest BCUT2D eigenvalue weighted by Crippen LogP contribution is 2.27. The maximum atomic E-state index is 11.8. The van der Waals surface area contributed by atoms with Gasteiger partial charge in [0.05, 0.1) is 5.02 Å². The van der Waals surface area contributed by atoms with Gasteiger partial charge in [-0.25, -0.2) is 0 Å². The lowest BCUT2D eigenvalue weighted by Gasteiger charge is -2.09. The molecule has 0 aromatic heterocycles. The zero-order valence-electron chi connectivity index (χ0n) is 7.56. The Morgan fingerprint density at radius 1 is 1.40 bits per heavy atom. The third kappa shape index (κ3) is 3.43. The number of hydrogen-bond acceptors (Lipinski definition) is 2.